The molecule has 0 bridgehead atoms. The largest absolute Gasteiger partial charge is 0.381 e. The molecule has 0 saturated carbocycles. The van der Waals surface area contributed by atoms with Crippen molar-refractivity contribution in [2.24, 2.45) is 16.8 Å². The number of nitrogens with zero attached hydrogens (tertiary/aromatic N) is 2. The molecule has 0 aromatic rings. The van der Waals surface area contributed by atoms with Gasteiger partial charge in [-0.05, 0) is 57.3 Å². The minimum atomic E-state index is 0.522. The minimum absolute atomic E-state index is 0.522. The number of nitrogens with one attached hydrogen (secondary N) is 2. The molecule has 1 atom stereocenters. The molecule has 7 nitrogen and oxygen atoms in total. The summed E-state index contributed by atoms with van der Waals surface area (Å²) in [6.07, 6.45) is 6.86. The number of guanidine groups is 1. The van der Waals surface area contributed by atoms with Gasteiger partial charge >= 0.3 is 0 Å². The smallest absolute Gasteiger partial charge is 0.191 e. The third-order valence-electron chi connectivity index (χ3n) is 6.22. The van der Waals surface area contributed by atoms with Gasteiger partial charge in [-0.15, -0.1) is 0 Å². The standard InChI is InChI=1S/C22H42N4O3/c1-2-23-22(24-9-3-12-28-17-19-6-13-27-14-7-19)25-21-4-10-26(11-5-21)16-20-8-15-29-18-20/h19-21H,2-18H2,1H3,(H2,23,24,25). The zero-order chi connectivity index (χ0) is 20.2. The maximum absolute atomic E-state index is 5.85. The highest BCUT2D eigenvalue weighted by molar-refractivity contribution is 5.80. The van der Waals surface area contributed by atoms with E-state index in [1.54, 1.807) is 0 Å². The van der Waals surface area contributed by atoms with Crippen molar-refractivity contribution in [2.75, 3.05) is 72.4 Å². The molecular weight excluding hydrogens is 368 g/mol. The molecule has 3 rings (SSSR count). The highest BCUT2D eigenvalue weighted by atomic mass is 16.5. The first kappa shape index (κ1) is 22.8. The lowest BCUT2D eigenvalue weighted by molar-refractivity contribution is 0.0205. The third-order valence-corrected chi connectivity index (χ3v) is 6.22. The van der Waals surface area contributed by atoms with E-state index in [1.165, 1.54) is 38.9 Å². The fourth-order valence-corrected chi connectivity index (χ4v) is 4.39. The third kappa shape index (κ3) is 8.79. The van der Waals surface area contributed by atoms with Gasteiger partial charge in [0.1, 0.15) is 0 Å². The zero-order valence-electron chi connectivity index (χ0n) is 18.4. The molecule has 0 aromatic carbocycles. The van der Waals surface area contributed by atoms with Crippen LogP contribution in [0.2, 0.25) is 0 Å². The lowest BCUT2D eigenvalue weighted by atomic mass is 10.0. The lowest BCUT2D eigenvalue weighted by Crippen LogP contribution is -2.49. The molecule has 3 fully saturated rings. The molecule has 168 valence electrons. The normalized spacial score (nSPS) is 25.4. The first-order chi connectivity index (χ1) is 14.3. The number of aliphatic imine (C=N–C) groups is 1. The topological polar surface area (TPSA) is 67.4 Å². The number of rotatable bonds is 10. The second-order valence-corrected chi connectivity index (χ2v) is 8.69. The van der Waals surface area contributed by atoms with Crippen molar-refractivity contribution in [2.45, 2.75) is 51.5 Å². The van der Waals surface area contributed by atoms with Crippen LogP contribution in [0.3, 0.4) is 0 Å². The van der Waals surface area contributed by atoms with Gasteiger partial charge in [0.2, 0.25) is 0 Å². The molecule has 0 spiro atoms. The number of piperidine rings is 1. The van der Waals surface area contributed by atoms with Gasteiger partial charge in [0, 0.05) is 71.8 Å². The van der Waals surface area contributed by atoms with Crippen molar-refractivity contribution < 1.29 is 14.2 Å². The summed E-state index contributed by atoms with van der Waals surface area (Å²) in [5.41, 5.74) is 0. The Morgan fingerprint density at radius 3 is 2.52 bits per heavy atom. The SMILES string of the molecule is CCNC(=NCCCOCC1CCOCC1)NC1CCN(CC2CCOC2)CC1. The Hall–Kier alpha value is -0.890. The molecule has 2 N–H and O–H groups in total. The fraction of sp³-hybridized carbons (Fsp3) is 0.955. The Morgan fingerprint density at radius 1 is 1.03 bits per heavy atom. The van der Waals surface area contributed by atoms with Crippen LogP contribution < -0.4 is 10.6 Å². The molecule has 0 aromatic heterocycles. The highest BCUT2D eigenvalue weighted by Crippen LogP contribution is 2.18. The van der Waals surface area contributed by atoms with Gasteiger partial charge in [0.25, 0.3) is 0 Å². The second kappa shape index (κ2) is 13.4. The van der Waals surface area contributed by atoms with E-state index < -0.39 is 0 Å². The van der Waals surface area contributed by atoms with Crippen LogP contribution in [0.15, 0.2) is 4.99 Å². The van der Waals surface area contributed by atoms with Crippen LogP contribution in [0.25, 0.3) is 0 Å². The first-order valence-corrected chi connectivity index (χ1v) is 11.8. The molecule has 3 aliphatic rings. The van der Waals surface area contributed by atoms with E-state index in [4.69, 9.17) is 19.2 Å². The van der Waals surface area contributed by atoms with Gasteiger partial charge in [-0.1, -0.05) is 0 Å². The average molecular weight is 411 g/mol. The van der Waals surface area contributed by atoms with Crippen LogP contribution in [0, 0.1) is 11.8 Å². The van der Waals surface area contributed by atoms with Crippen LogP contribution >= 0.6 is 0 Å². The summed E-state index contributed by atoms with van der Waals surface area (Å²) in [6.45, 7) is 12.7. The summed E-state index contributed by atoms with van der Waals surface area (Å²) in [7, 11) is 0. The summed E-state index contributed by atoms with van der Waals surface area (Å²) in [4.78, 5) is 7.37. The van der Waals surface area contributed by atoms with E-state index in [1.807, 2.05) is 0 Å². The Morgan fingerprint density at radius 2 is 1.79 bits per heavy atom. The monoisotopic (exact) mass is 410 g/mol. The Labute approximate surface area is 176 Å². The predicted molar refractivity (Wildman–Crippen MR) is 116 cm³/mol. The van der Waals surface area contributed by atoms with E-state index >= 15 is 0 Å². The van der Waals surface area contributed by atoms with Crippen LogP contribution in [0.5, 0.6) is 0 Å². The van der Waals surface area contributed by atoms with E-state index in [9.17, 15) is 0 Å². The van der Waals surface area contributed by atoms with Gasteiger partial charge in [0.05, 0.1) is 6.61 Å². The van der Waals surface area contributed by atoms with Crippen LogP contribution in [-0.2, 0) is 14.2 Å². The number of likely N-dealkylation sites (tertiary alicyclic amines) is 1. The van der Waals surface area contributed by atoms with E-state index in [0.29, 0.717) is 12.0 Å². The molecule has 29 heavy (non-hydrogen) atoms. The van der Waals surface area contributed by atoms with Crippen molar-refractivity contribution in [1.29, 1.82) is 0 Å². The fourth-order valence-electron chi connectivity index (χ4n) is 4.39. The molecule has 0 amide bonds. The van der Waals surface area contributed by atoms with Gasteiger partial charge in [-0.25, -0.2) is 0 Å². The number of hydrogen-bond donors (Lipinski definition) is 2. The van der Waals surface area contributed by atoms with E-state index in [0.717, 1.165) is 83.9 Å². The minimum Gasteiger partial charge on any atom is -0.381 e. The van der Waals surface area contributed by atoms with Gasteiger partial charge in [0.15, 0.2) is 5.96 Å². The quantitative estimate of drug-likeness (QED) is 0.326. The lowest BCUT2D eigenvalue weighted by Gasteiger charge is -2.34. The summed E-state index contributed by atoms with van der Waals surface area (Å²) in [5, 5.41) is 7.04. The molecule has 0 aliphatic carbocycles. The number of ether oxygens (including phenoxy) is 3. The summed E-state index contributed by atoms with van der Waals surface area (Å²) < 4.78 is 16.8. The average Bonchev–Trinajstić information content (AvgIpc) is 3.26. The molecule has 7 heteroatoms. The zero-order valence-corrected chi connectivity index (χ0v) is 18.4. The summed E-state index contributed by atoms with van der Waals surface area (Å²) in [5.74, 6) is 2.38. The van der Waals surface area contributed by atoms with E-state index in [-0.39, 0.29) is 0 Å². The van der Waals surface area contributed by atoms with Crippen LogP contribution in [0.4, 0.5) is 0 Å². The van der Waals surface area contributed by atoms with Crippen molar-refractivity contribution in [1.82, 2.24) is 15.5 Å². The molecular formula is C22H42N4O3. The molecule has 0 radical (unpaired) electrons. The predicted octanol–water partition coefficient (Wildman–Crippen LogP) is 1.88. The van der Waals surface area contributed by atoms with Crippen molar-refractivity contribution in [3.63, 3.8) is 0 Å². The van der Waals surface area contributed by atoms with Gasteiger partial charge in [-0.3, -0.25) is 4.99 Å². The maximum Gasteiger partial charge on any atom is 0.191 e. The van der Waals surface area contributed by atoms with Crippen molar-refractivity contribution >= 4 is 5.96 Å². The summed E-state index contributed by atoms with van der Waals surface area (Å²) >= 11 is 0. The van der Waals surface area contributed by atoms with Gasteiger partial charge < -0.3 is 29.7 Å². The van der Waals surface area contributed by atoms with Gasteiger partial charge in [-0.2, -0.15) is 0 Å². The van der Waals surface area contributed by atoms with Crippen LogP contribution in [-0.4, -0.2) is 89.3 Å². The maximum atomic E-state index is 5.85. The van der Waals surface area contributed by atoms with Crippen molar-refractivity contribution in [3.05, 3.63) is 0 Å². The molecule has 3 saturated heterocycles. The highest BCUT2D eigenvalue weighted by Gasteiger charge is 2.24. The Kier molecular flexibility index (Phi) is 10.5. The van der Waals surface area contributed by atoms with Crippen LogP contribution in [0.1, 0.15) is 45.4 Å². The Balaban J connectivity index is 1.27. The first-order valence-electron chi connectivity index (χ1n) is 11.8. The van der Waals surface area contributed by atoms with E-state index in [2.05, 4.69) is 22.5 Å². The summed E-state index contributed by atoms with van der Waals surface area (Å²) in [6, 6.07) is 0.522. The number of hydrogen-bond acceptors (Lipinski definition) is 5. The molecule has 3 aliphatic heterocycles. The molecule has 3 heterocycles. The molecule has 1 unspecified atom stereocenters. The Bertz CT molecular complexity index is 457. The second-order valence-electron chi connectivity index (χ2n) is 8.69. The van der Waals surface area contributed by atoms with Crippen molar-refractivity contribution in [3.8, 4) is 0 Å².